The SMILES string of the molecule is CO[C@@H]1CC=CC2=C1C(C)=CC(C)(C)O2. The summed E-state index contributed by atoms with van der Waals surface area (Å²) in [4.78, 5) is 0. The van der Waals surface area contributed by atoms with Crippen molar-refractivity contribution in [1.29, 1.82) is 0 Å². The normalized spacial score (nSPS) is 28.3. The van der Waals surface area contributed by atoms with Crippen LogP contribution in [-0.2, 0) is 9.47 Å². The maximum atomic E-state index is 5.92. The van der Waals surface area contributed by atoms with Gasteiger partial charge in [0, 0.05) is 12.7 Å². The fraction of sp³-hybridized carbons (Fsp3) is 0.538. The third kappa shape index (κ3) is 1.86. The fourth-order valence-electron chi connectivity index (χ4n) is 2.33. The van der Waals surface area contributed by atoms with Crippen LogP contribution in [0.1, 0.15) is 27.2 Å². The molecule has 1 aliphatic heterocycles. The van der Waals surface area contributed by atoms with Crippen molar-refractivity contribution < 1.29 is 9.47 Å². The van der Waals surface area contributed by atoms with Gasteiger partial charge in [0.25, 0.3) is 0 Å². The highest BCUT2D eigenvalue weighted by Gasteiger charge is 2.31. The van der Waals surface area contributed by atoms with Gasteiger partial charge in [-0.15, -0.1) is 0 Å². The van der Waals surface area contributed by atoms with E-state index < -0.39 is 0 Å². The lowest BCUT2D eigenvalue weighted by atomic mass is 9.88. The summed E-state index contributed by atoms with van der Waals surface area (Å²) in [5.41, 5.74) is 2.28. The maximum absolute atomic E-state index is 5.92. The first-order chi connectivity index (χ1) is 7.03. The van der Waals surface area contributed by atoms with E-state index >= 15 is 0 Å². The van der Waals surface area contributed by atoms with Crippen molar-refractivity contribution in [1.82, 2.24) is 0 Å². The van der Waals surface area contributed by atoms with E-state index in [0.717, 1.165) is 12.2 Å². The standard InChI is InChI=1S/C13H18O2/c1-9-8-13(2,3)15-11-7-5-6-10(14-4)12(9)11/h5,7-8,10H,6H2,1-4H3/t10-/m1/s1. The van der Waals surface area contributed by atoms with E-state index in [2.05, 4.69) is 39.0 Å². The van der Waals surface area contributed by atoms with Crippen molar-refractivity contribution >= 4 is 0 Å². The maximum Gasteiger partial charge on any atom is 0.126 e. The summed E-state index contributed by atoms with van der Waals surface area (Å²) < 4.78 is 11.4. The van der Waals surface area contributed by atoms with Crippen LogP contribution in [0.4, 0.5) is 0 Å². The summed E-state index contributed by atoms with van der Waals surface area (Å²) in [6.45, 7) is 6.28. The van der Waals surface area contributed by atoms with Crippen molar-refractivity contribution in [3.05, 3.63) is 35.1 Å². The van der Waals surface area contributed by atoms with Gasteiger partial charge in [-0.1, -0.05) is 6.08 Å². The molecule has 2 heteroatoms. The Morgan fingerprint density at radius 3 is 2.87 bits per heavy atom. The summed E-state index contributed by atoms with van der Waals surface area (Å²) in [7, 11) is 1.75. The molecular weight excluding hydrogens is 188 g/mol. The van der Waals surface area contributed by atoms with Gasteiger partial charge in [-0.05, 0) is 44.9 Å². The Kier molecular flexibility index (Phi) is 2.47. The molecular formula is C13H18O2. The number of hydrogen-bond donors (Lipinski definition) is 0. The molecule has 0 aromatic heterocycles. The molecule has 82 valence electrons. The quantitative estimate of drug-likeness (QED) is 0.656. The monoisotopic (exact) mass is 206 g/mol. The Balaban J connectivity index is 2.41. The van der Waals surface area contributed by atoms with Crippen LogP contribution < -0.4 is 0 Å². The topological polar surface area (TPSA) is 18.5 Å². The Bertz CT molecular complexity index is 359. The van der Waals surface area contributed by atoms with Crippen LogP contribution in [0.15, 0.2) is 35.1 Å². The molecule has 0 amide bonds. The largest absolute Gasteiger partial charge is 0.483 e. The molecule has 2 nitrogen and oxygen atoms in total. The number of allylic oxidation sites excluding steroid dienone is 1. The lowest BCUT2D eigenvalue weighted by molar-refractivity contribution is 0.0639. The fourth-order valence-corrected chi connectivity index (χ4v) is 2.33. The van der Waals surface area contributed by atoms with E-state index in [1.54, 1.807) is 7.11 Å². The van der Waals surface area contributed by atoms with Crippen LogP contribution in [0.5, 0.6) is 0 Å². The molecule has 0 N–H and O–H groups in total. The van der Waals surface area contributed by atoms with Crippen LogP contribution in [0.2, 0.25) is 0 Å². The molecule has 0 saturated heterocycles. The third-order valence-corrected chi connectivity index (χ3v) is 2.85. The molecule has 2 rings (SSSR count). The summed E-state index contributed by atoms with van der Waals surface area (Å²) in [5.74, 6) is 0.970. The van der Waals surface area contributed by atoms with E-state index in [1.807, 2.05) is 0 Å². The molecule has 0 bridgehead atoms. The minimum Gasteiger partial charge on any atom is -0.483 e. The molecule has 1 atom stereocenters. The highest BCUT2D eigenvalue weighted by Crippen LogP contribution is 2.36. The Morgan fingerprint density at radius 1 is 1.47 bits per heavy atom. The highest BCUT2D eigenvalue weighted by molar-refractivity contribution is 5.45. The summed E-state index contributed by atoms with van der Waals surface area (Å²) >= 11 is 0. The van der Waals surface area contributed by atoms with Gasteiger partial charge in [0.1, 0.15) is 11.4 Å². The smallest absolute Gasteiger partial charge is 0.126 e. The number of ether oxygens (including phenoxy) is 2. The minimum atomic E-state index is -0.205. The lowest BCUT2D eigenvalue weighted by Crippen LogP contribution is -2.30. The first kappa shape index (κ1) is 10.5. The van der Waals surface area contributed by atoms with Gasteiger partial charge in [0.15, 0.2) is 0 Å². The first-order valence-electron chi connectivity index (χ1n) is 5.36. The van der Waals surface area contributed by atoms with Crippen molar-refractivity contribution in [2.75, 3.05) is 7.11 Å². The number of hydrogen-bond acceptors (Lipinski definition) is 2. The molecule has 0 fully saturated rings. The summed E-state index contributed by atoms with van der Waals surface area (Å²) in [6, 6.07) is 0. The molecule has 0 spiro atoms. The second-order valence-corrected chi connectivity index (χ2v) is 4.67. The Morgan fingerprint density at radius 2 is 2.20 bits per heavy atom. The van der Waals surface area contributed by atoms with Crippen LogP contribution in [-0.4, -0.2) is 18.8 Å². The van der Waals surface area contributed by atoms with E-state index in [-0.39, 0.29) is 11.7 Å². The van der Waals surface area contributed by atoms with E-state index in [9.17, 15) is 0 Å². The zero-order valence-electron chi connectivity index (χ0n) is 9.83. The zero-order valence-corrected chi connectivity index (χ0v) is 9.83. The summed E-state index contributed by atoms with van der Waals surface area (Å²) in [6.07, 6.45) is 7.42. The van der Waals surface area contributed by atoms with Gasteiger partial charge in [0.05, 0.1) is 6.10 Å². The van der Waals surface area contributed by atoms with Crippen molar-refractivity contribution in [3.8, 4) is 0 Å². The van der Waals surface area contributed by atoms with Crippen molar-refractivity contribution in [2.24, 2.45) is 0 Å². The van der Waals surface area contributed by atoms with E-state index in [4.69, 9.17) is 9.47 Å². The van der Waals surface area contributed by atoms with Crippen LogP contribution in [0, 0.1) is 0 Å². The molecule has 2 aliphatic rings. The Hall–Kier alpha value is -1.02. The van der Waals surface area contributed by atoms with Gasteiger partial charge in [-0.2, -0.15) is 0 Å². The van der Waals surface area contributed by atoms with Crippen molar-refractivity contribution in [3.63, 3.8) is 0 Å². The predicted octanol–water partition coefficient (Wildman–Crippen LogP) is 2.97. The molecule has 0 radical (unpaired) electrons. The van der Waals surface area contributed by atoms with Crippen LogP contribution in [0.3, 0.4) is 0 Å². The highest BCUT2D eigenvalue weighted by atomic mass is 16.5. The number of methoxy groups -OCH3 is 1. The average Bonchev–Trinajstić information content (AvgIpc) is 2.14. The first-order valence-corrected chi connectivity index (χ1v) is 5.36. The van der Waals surface area contributed by atoms with E-state index in [1.165, 1.54) is 11.1 Å². The summed E-state index contributed by atoms with van der Waals surface area (Å²) in [5, 5.41) is 0. The zero-order chi connectivity index (χ0) is 11.1. The molecule has 0 aromatic carbocycles. The van der Waals surface area contributed by atoms with Crippen molar-refractivity contribution in [2.45, 2.75) is 38.9 Å². The van der Waals surface area contributed by atoms with Gasteiger partial charge in [-0.25, -0.2) is 0 Å². The molecule has 1 aliphatic carbocycles. The second-order valence-electron chi connectivity index (χ2n) is 4.67. The lowest BCUT2D eigenvalue weighted by Gasteiger charge is -2.35. The third-order valence-electron chi connectivity index (χ3n) is 2.85. The second kappa shape index (κ2) is 3.53. The van der Waals surface area contributed by atoms with Crippen LogP contribution >= 0.6 is 0 Å². The predicted molar refractivity (Wildman–Crippen MR) is 60.5 cm³/mol. The number of rotatable bonds is 1. The Labute approximate surface area is 91.3 Å². The molecule has 0 aromatic rings. The average molecular weight is 206 g/mol. The molecule has 0 saturated carbocycles. The molecule has 15 heavy (non-hydrogen) atoms. The van der Waals surface area contributed by atoms with Gasteiger partial charge < -0.3 is 9.47 Å². The van der Waals surface area contributed by atoms with Gasteiger partial charge >= 0.3 is 0 Å². The van der Waals surface area contributed by atoms with Gasteiger partial charge in [-0.3, -0.25) is 0 Å². The van der Waals surface area contributed by atoms with E-state index in [0.29, 0.717) is 0 Å². The molecule has 1 heterocycles. The van der Waals surface area contributed by atoms with Gasteiger partial charge in [0.2, 0.25) is 0 Å². The molecule has 0 unspecified atom stereocenters. The minimum absolute atomic E-state index is 0.150. The van der Waals surface area contributed by atoms with Crippen LogP contribution in [0.25, 0.3) is 0 Å².